The van der Waals surface area contributed by atoms with Crippen LogP contribution >= 0.6 is 11.6 Å². The smallest absolute Gasteiger partial charge is 0.332 e. The highest BCUT2D eigenvalue weighted by Crippen LogP contribution is 2.19. The molecule has 1 heterocycles. The molecule has 0 fully saturated rings. The van der Waals surface area contributed by atoms with Gasteiger partial charge in [0.05, 0.1) is 17.7 Å². The molecule has 0 aliphatic heterocycles. The SMILES string of the molecule is Cc1ccc(S(=O)(=O)NC(=O)N(Cc2ccco2)Cc2ccccc2Cl)cc1. The van der Waals surface area contributed by atoms with Gasteiger partial charge in [0.2, 0.25) is 0 Å². The molecule has 8 heteroatoms. The summed E-state index contributed by atoms with van der Waals surface area (Å²) in [5.74, 6) is 0.523. The van der Waals surface area contributed by atoms with Crippen LogP contribution in [0.15, 0.2) is 76.2 Å². The summed E-state index contributed by atoms with van der Waals surface area (Å²) in [6.07, 6.45) is 1.49. The molecule has 1 aromatic heterocycles. The van der Waals surface area contributed by atoms with Crippen molar-refractivity contribution in [3.63, 3.8) is 0 Å². The van der Waals surface area contributed by atoms with Gasteiger partial charge in [0, 0.05) is 11.6 Å². The molecule has 0 saturated carbocycles. The van der Waals surface area contributed by atoms with Crippen LogP contribution in [0.2, 0.25) is 5.02 Å². The van der Waals surface area contributed by atoms with Gasteiger partial charge in [0.15, 0.2) is 0 Å². The summed E-state index contributed by atoms with van der Waals surface area (Å²) in [6.45, 7) is 2.06. The Morgan fingerprint density at radius 1 is 1.04 bits per heavy atom. The van der Waals surface area contributed by atoms with E-state index in [4.69, 9.17) is 16.0 Å². The molecule has 0 radical (unpaired) electrons. The minimum absolute atomic E-state index is 0.0159. The molecule has 0 spiro atoms. The summed E-state index contributed by atoms with van der Waals surface area (Å²) in [4.78, 5) is 14.1. The predicted octanol–water partition coefficient (Wildman–Crippen LogP) is 4.34. The number of rotatable bonds is 6. The standard InChI is InChI=1S/C20H19ClN2O4S/c1-15-8-10-18(11-9-15)28(25,26)22-20(24)23(14-17-6-4-12-27-17)13-16-5-2-3-7-19(16)21/h2-12H,13-14H2,1H3,(H,22,24). The third kappa shape index (κ3) is 4.94. The number of aryl methyl sites for hydroxylation is 1. The molecule has 0 aliphatic rings. The first-order valence-electron chi connectivity index (χ1n) is 8.49. The highest BCUT2D eigenvalue weighted by Gasteiger charge is 2.23. The van der Waals surface area contributed by atoms with Crippen molar-refractivity contribution in [1.82, 2.24) is 9.62 Å². The molecule has 1 N–H and O–H groups in total. The van der Waals surface area contributed by atoms with Crippen LogP contribution in [0.5, 0.6) is 0 Å². The predicted molar refractivity (Wildman–Crippen MR) is 106 cm³/mol. The minimum Gasteiger partial charge on any atom is -0.467 e. The van der Waals surface area contributed by atoms with Gasteiger partial charge < -0.3 is 9.32 Å². The van der Waals surface area contributed by atoms with Crippen LogP contribution in [-0.2, 0) is 23.1 Å². The normalized spacial score (nSPS) is 11.2. The van der Waals surface area contributed by atoms with Crippen molar-refractivity contribution in [3.8, 4) is 0 Å². The number of hydrogen-bond acceptors (Lipinski definition) is 4. The lowest BCUT2D eigenvalue weighted by molar-refractivity contribution is 0.193. The third-order valence-electron chi connectivity index (χ3n) is 4.09. The van der Waals surface area contributed by atoms with Crippen molar-refractivity contribution in [3.05, 3.63) is 88.8 Å². The highest BCUT2D eigenvalue weighted by molar-refractivity contribution is 7.90. The van der Waals surface area contributed by atoms with Crippen LogP contribution in [0.4, 0.5) is 4.79 Å². The summed E-state index contributed by atoms with van der Waals surface area (Å²) < 4.78 is 32.6. The zero-order valence-electron chi connectivity index (χ0n) is 15.1. The van der Waals surface area contributed by atoms with E-state index in [1.54, 1.807) is 48.5 Å². The van der Waals surface area contributed by atoms with Gasteiger partial charge in [0.25, 0.3) is 10.0 Å². The lowest BCUT2D eigenvalue weighted by Crippen LogP contribution is -2.42. The van der Waals surface area contributed by atoms with Crippen molar-refractivity contribution in [2.75, 3.05) is 0 Å². The lowest BCUT2D eigenvalue weighted by Gasteiger charge is -2.22. The molecule has 0 saturated heterocycles. The number of hydrogen-bond donors (Lipinski definition) is 1. The van der Waals surface area contributed by atoms with E-state index in [1.807, 2.05) is 6.92 Å². The van der Waals surface area contributed by atoms with Gasteiger partial charge in [-0.25, -0.2) is 17.9 Å². The molecule has 3 rings (SSSR count). The van der Waals surface area contributed by atoms with Crippen LogP contribution in [0, 0.1) is 6.92 Å². The van der Waals surface area contributed by atoms with E-state index in [1.165, 1.54) is 23.3 Å². The van der Waals surface area contributed by atoms with Crippen LogP contribution < -0.4 is 4.72 Å². The van der Waals surface area contributed by atoms with Gasteiger partial charge in [-0.2, -0.15) is 0 Å². The van der Waals surface area contributed by atoms with Gasteiger partial charge in [0.1, 0.15) is 5.76 Å². The molecule has 3 aromatic rings. The highest BCUT2D eigenvalue weighted by atomic mass is 35.5. The van der Waals surface area contributed by atoms with Gasteiger partial charge in [-0.15, -0.1) is 0 Å². The maximum Gasteiger partial charge on any atom is 0.332 e. The number of carbonyl (C=O) groups is 1. The molecule has 2 aromatic carbocycles. The molecule has 0 unspecified atom stereocenters. The average Bonchev–Trinajstić information content (AvgIpc) is 3.16. The van der Waals surface area contributed by atoms with Crippen LogP contribution in [0.3, 0.4) is 0 Å². The average molecular weight is 419 g/mol. The summed E-state index contributed by atoms with van der Waals surface area (Å²) >= 11 is 6.20. The molecule has 146 valence electrons. The quantitative estimate of drug-likeness (QED) is 0.645. The number of nitrogens with zero attached hydrogens (tertiary/aromatic N) is 1. The van der Waals surface area contributed by atoms with Gasteiger partial charge >= 0.3 is 6.03 Å². The van der Waals surface area contributed by atoms with Crippen molar-refractivity contribution in [1.29, 1.82) is 0 Å². The van der Waals surface area contributed by atoms with Gasteiger partial charge in [-0.1, -0.05) is 47.5 Å². The monoisotopic (exact) mass is 418 g/mol. The maximum atomic E-state index is 12.8. The Balaban J connectivity index is 1.83. The van der Waals surface area contributed by atoms with Gasteiger partial charge in [-0.05, 0) is 42.8 Å². The summed E-state index contributed by atoms with van der Waals surface area (Å²) in [5, 5.41) is 0.487. The maximum absolute atomic E-state index is 12.8. The Morgan fingerprint density at radius 3 is 2.39 bits per heavy atom. The first kappa shape index (κ1) is 20.0. The van der Waals surface area contributed by atoms with E-state index < -0.39 is 16.1 Å². The lowest BCUT2D eigenvalue weighted by atomic mass is 10.2. The number of halogens is 1. The van der Waals surface area contributed by atoms with Crippen molar-refractivity contribution in [2.24, 2.45) is 0 Å². The fourth-order valence-corrected chi connectivity index (χ4v) is 3.74. The zero-order chi connectivity index (χ0) is 20.1. The molecule has 0 atom stereocenters. The Kier molecular flexibility index (Phi) is 6.06. The topological polar surface area (TPSA) is 79.6 Å². The van der Waals surface area contributed by atoms with E-state index in [0.29, 0.717) is 16.3 Å². The Labute approximate surface area is 168 Å². The van der Waals surface area contributed by atoms with Crippen LogP contribution in [0.1, 0.15) is 16.9 Å². The summed E-state index contributed by atoms with van der Waals surface area (Å²) in [5.41, 5.74) is 1.61. The number of urea groups is 1. The number of carbonyl (C=O) groups excluding carboxylic acids is 1. The Hall–Kier alpha value is -2.77. The fourth-order valence-electron chi connectivity index (χ4n) is 2.58. The van der Waals surface area contributed by atoms with E-state index in [2.05, 4.69) is 4.72 Å². The van der Waals surface area contributed by atoms with Gasteiger partial charge in [-0.3, -0.25) is 0 Å². The van der Waals surface area contributed by atoms with E-state index in [9.17, 15) is 13.2 Å². The molecule has 0 bridgehead atoms. The Morgan fingerprint density at radius 2 is 1.75 bits per heavy atom. The van der Waals surface area contributed by atoms with Crippen molar-refractivity contribution in [2.45, 2.75) is 24.9 Å². The second-order valence-corrected chi connectivity index (χ2v) is 8.34. The second kappa shape index (κ2) is 8.50. The fraction of sp³-hybridized carbons (Fsp3) is 0.150. The number of benzene rings is 2. The van der Waals surface area contributed by atoms with E-state index in [0.717, 1.165) is 5.56 Å². The summed E-state index contributed by atoms with van der Waals surface area (Å²) in [6, 6.07) is 16.0. The molecule has 0 aliphatic carbocycles. The molecular weight excluding hydrogens is 400 g/mol. The number of furan rings is 1. The minimum atomic E-state index is -4.01. The third-order valence-corrected chi connectivity index (χ3v) is 5.79. The van der Waals surface area contributed by atoms with Crippen molar-refractivity contribution < 1.29 is 17.6 Å². The van der Waals surface area contributed by atoms with Crippen molar-refractivity contribution >= 4 is 27.7 Å². The first-order chi connectivity index (χ1) is 13.3. The first-order valence-corrected chi connectivity index (χ1v) is 10.4. The zero-order valence-corrected chi connectivity index (χ0v) is 16.7. The summed E-state index contributed by atoms with van der Waals surface area (Å²) in [7, 11) is -4.01. The number of amides is 2. The molecule has 6 nitrogen and oxygen atoms in total. The number of sulfonamides is 1. The number of nitrogens with one attached hydrogen (secondary N) is 1. The molecule has 2 amide bonds. The van der Waals surface area contributed by atoms with E-state index in [-0.39, 0.29) is 18.0 Å². The van der Waals surface area contributed by atoms with E-state index >= 15 is 0 Å². The largest absolute Gasteiger partial charge is 0.467 e. The van der Waals surface area contributed by atoms with Crippen LogP contribution in [-0.4, -0.2) is 19.3 Å². The van der Waals surface area contributed by atoms with Crippen LogP contribution in [0.25, 0.3) is 0 Å². The Bertz CT molecular complexity index is 1050. The molecule has 28 heavy (non-hydrogen) atoms. The molecular formula is C20H19ClN2O4S. The second-order valence-electron chi connectivity index (χ2n) is 6.25.